The molecule has 1 atom stereocenters. The van der Waals surface area contributed by atoms with Gasteiger partial charge in [-0.1, -0.05) is 0 Å². The van der Waals surface area contributed by atoms with Crippen molar-refractivity contribution in [3.8, 4) is 0 Å². The summed E-state index contributed by atoms with van der Waals surface area (Å²) in [5.74, 6) is 0.220. The quantitative estimate of drug-likeness (QED) is 0.539. The van der Waals surface area contributed by atoms with E-state index in [4.69, 9.17) is 0 Å². The largest absolute Gasteiger partial charge is 0.349 e. The molecule has 0 aromatic rings. The Bertz CT molecular complexity index is 93.1. The van der Waals surface area contributed by atoms with Crippen molar-refractivity contribution in [2.24, 2.45) is 0 Å². The zero-order chi connectivity index (χ0) is 7.28. The van der Waals surface area contributed by atoms with E-state index in [9.17, 15) is 4.79 Å². The van der Waals surface area contributed by atoms with Gasteiger partial charge in [-0.15, -0.1) is 9.24 Å². The zero-order valence-corrected chi connectivity index (χ0v) is 7.21. The summed E-state index contributed by atoms with van der Waals surface area (Å²) in [6, 6.07) is 0. The molecule has 1 amide bonds. The van der Waals surface area contributed by atoms with Crippen molar-refractivity contribution in [3.63, 3.8) is 0 Å². The fourth-order valence-corrected chi connectivity index (χ4v) is 0.681. The Morgan fingerprint density at radius 1 is 1.56 bits per heavy atom. The molecule has 0 radical (unpaired) electrons. The van der Waals surface area contributed by atoms with E-state index < -0.39 is 0 Å². The Morgan fingerprint density at radius 2 is 2.11 bits per heavy atom. The third-order valence-corrected chi connectivity index (χ3v) is 1.50. The molecule has 54 valence electrons. The minimum absolute atomic E-state index is 0.220. The van der Waals surface area contributed by atoms with Crippen LogP contribution in [0.1, 0.15) is 12.8 Å². The van der Waals surface area contributed by atoms with Gasteiger partial charge in [-0.3, -0.25) is 4.79 Å². The number of carbonyl (C=O) groups excluding carboxylic acids is 1. The van der Waals surface area contributed by atoms with Gasteiger partial charge in [0.25, 0.3) is 0 Å². The molecule has 0 aromatic carbocycles. The molecule has 0 heterocycles. The van der Waals surface area contributed by atoms with Crippen molar-refractivity contribution in [3.05, 3.63) is 0 Å². The van der Waals surface area contributed by atoms with Gasteiger partial charge in [-0.05, 0) is 12.6 Å². The second-order valence-corrected chi connectivity index (χ2v) is 2.76. The Morgan fingerprint density at radius 3 is 2.44 bits per heavy atom. The van der Waals surface area contributed by atoms with Crippen LogP contribution in [0.3, 0.4) is 0 Å². The minimum atomic E-state index is 0.220. The molecule has 0 aliphatic carbocycles. The highest BCUT2D eigenvalue weighted by Gasteiger charge is 2.00. The van der Waals surface area contributed by atoms with Crippen molar-refractivity contribution in [2.45, 2.75) is 12.8 Å². The Hall–Kier alpha value is -0.100. The molecule has 1 unspecified atom stereocenters. The second-order valence-electron chi connectivity index (χ2n) is 2.18. The molecule has 0 aromatic heterocycles. The summed E-state index contributed by atoms with van der Waals surface area (Å²) < 4.78 is 0. The Labute approximate surface area is 58.8 Å². The monoisotopic (exact) mass is 147 g/mol. The van der Waals surface area contributed by atoms with Crippen LogP contribution in [0.25, 0.3) is 0 Å². The molecule has 2 nitrogen and oxygen atoms in total. The summed E-state index contributed by atoms with van der Waals surface area (Å²) in [5, 5.41) is 0. The van der Waals surface area contributed by atoms with Gasteiger partial charge in [-0.2, -0.15) is 0 Å². The fourth-order valence-electron chi connectivity index (χ4n) is 0.477. The number of amides is 1. The molecule has 0 aliphatic rings. The first-order valence-corrected chi connectivity index (χ1v) is 3.90. The number of carbonyl (C=O) groups is 1. The maximum Gasteiger partial charge on any atom is 0.222 e. The minimum Gasteiger partial charge on any atom is -0.349 e. The van der Waals surface area contributed by atoms with Gasteiger partial charge in [0.05, 0.1) is 0 Å². The topological polar surface area (TPSA) is 20.3 Å². The summed E-state index contributed by atoms with van der Waals surface area (Å²) in [5.41, 5.74) is 0. The van der Waals surface area contributed by atoms with Crippen LogP contribution in [0, 0.1) is 0 Å². The average Bonchev–Trinajstić information content (AvgIpc) is 1.82. The molecule has 9 heavy (non-hydrogen) atoms. The lowest BCUT2D eigenvalue weighted by atomic mass is 10.3. The third kappa shape index (κ3) is 4.41. The summed E-state index contributed by atoms with van der Waals surface area (Å²) in [7, 11) is 6.17. The van der Waals surface area contributed by atoms with Crippen LogP contribution >= 0.6 is 9.24 Å². The van der Waals surface area contributed by atoms with Crippen LogP contribution in [-0.2, 0) is 4.79 Å². The Kier molecular flexibility index (Phi) is 4.70. The average molecular weight is 147 g/mol. The number of nitrogens with zero attached hydrogens (tertiary/aromatic N) is 1. The van der Waals surface area contributed by atoms with E-state index in [1.165, 1.54) is 0 Å². The maximum atomic E-state index is 10.8. The van der Waals surface area contributed by atoms with Crippen LogP contribution in [-0.4, -0.2) is 31.1 Å². The van der Waals surface area contributed by atoms with Gasteiger partial charge in [0, 0.05) is 20.5 Å². The maximum absolute atomic E-state index is 10.8. The number of hydrogen-bond acceptors (Lipinski definition) is 1. The van der Waals surface area contributed by atoms with Gasteiger partial charge in [0.2, 0.25) is 5.91 Å². The zero-order valence-electron chi connectivity index (χ0n) is 6.05. The summed E-state index contributed by atoms with van der Waals surface area (Å²) in [4.78, 5) is 12.4. The molecule has 3 heteroatoms. The normalized spacial score (nSPS) is 9.22. The van der Waals surface area contributed by atoms with Crippen LogP contribution in [0.4, 0.5) is 0 Å². The van der Waals surface area contributed by atoms with Gasteiger partial charge in [-0.25, -0.2) is 0 Å². The summed E-state index contributed by atoms with van der Waals surface area (Å²) in [6.45, 7) is 0. The standard InChI is InChI=1S/C6H14NOP/c1-7(2)6(8)4-3-5-9/h3-5,9H2,1-2H3. The van der Waals surface area contributed by atoms with E-state index in [2.05, 4.69) is 9.24 Å². The molecular weight excluding hydrogens is 133 g/mol. The van der Waals surface area contributed by atoms with Gasteiger partial charge in [0.15, 0.2) is 0 Å². The second kappa shape index (κ2) is 4.75. The van der Waals surface area contributed by atoms with E-state index in [1.54, 1.807) is 19.0 Å². The van der Waals surface area contributed by atoms with Crippen LogP contribution in [0.2, 0.25) is 0 Å². The smallest absolute Gasteiger partial charge is 0.222 e. The summed E-state index contributed by atoms with van der Waals surface area (Å²) >= 11 is 0. The molecule has 0 rings (SSSR count). The van der Waals surface area contributed by atoms with Crippen molar-refractivity contribution in [2.75, 3.05) is 20.3 Å². The SMILES string of the molecule is CN(C)C(=O)CCCP. The van der Waals surface area contributed by atoms with Gasteiger partial charge < -0.3 is 4.90 Å². The van der Waals surface area contributed by atoms with Crippen molar-refractivity contribution in [1.82, 2.24) is 4.90 Å². The lowest BCUT2D eigenvalue weighted by Gasteiger charge is -2.08. The van der Waals surface area contributed by atoms with Crippen LogP contribution in [0.15, 0.2) is 0 Å². The third-order valence-electron chi connectivity index (χ3n) is 1.09. The molecule has 0 bridgehead atoms. The highest BCUT2D eigenvalue weighted by Crippen LogP contribution is 1.95. The predicted molar refractivity (Wildman–Crippen MR) is 42.5 cm³/mol. The fraction of sp³-hybridized carbons (Fsp3) is 0.833. The summed E-state index contributed by atoms with van der Waals surface area (Å²) in [6.07, 6.45) is 2.66. The first-order chi connectivity index (χ1) is 4.18. The van der Waals surface area contributed by atoms with Gasteiger partial charge in [0.1, 0.15) is 0 Å². The van der Waals surface area contributed by atoms with Crippen molar-refractivity contribution >= 4 is 15.1 Å². The van der Waals surface area contributed by atoms with Crippen LogP contribution < -0.4 is 0 Å². The van der Waals surface area contributed by atoms with E-state index in [-0.39, 0.29) is 5.91 Å². The highest BCUT2D eigenvalue weighted by atomic mass is 31.0. The van der Waals surface area contributed by atoms with E-state index in [1.807, 2.05) is 0 Å². The molecule has 0 spiro atoms. The van der Waals surface area contributed by atoms with E-state index >= 15 is 0 Å². The molecule has 0 saturated carbocycles. The first kappa shape index (κ1) is 8.90. The molecule has 0 aliphatic heterocycles. The lowest BCUT2D eigenvalue weighted by molar-refractivity contribution is -0.128. The number of rotatable bonds is 3. The molecule has 0 fully saturated rings. The Balaban J connectivity index is 3.28. The highest BCUT2D eigenvalue weighted by molar-refractivity contribution is 7.16. The van der Waals surface area contributed by atoms with E-state index in [0.717, 1.165) is 12.6 Å². The van der Waals surface area contributed by atoms with Gasteiger partial charge >= 0.3 is 0 Å². The molecule has 0 saturated heterocycles. The molecule has 0 N–H and O–H groups in total. The van der Waals surface area contributed by atoms with Crippen molar-refractivity contribution in [1.29, 1.82) is 0 Å². The first-order valence-electron chi connectivity index (χ1n) is 3.08. The van der Waals surface area contributed by atoms with Crippen molar-refractivity contribution < 1.29 is 4.79 Å². The number of hydrogen-bond donors (Lipinski definition) is 0. The van der Waals surface area contributed by atoms with E-state index in [0.29, 0.717) is 6.42 Å². The lowest BCUT2D eigenvalue weighted by Crippen LogP contribution is -2.21. The molecular formula is C6H14NOP. The van der Waals surface area contributed by atoms with Crippen LogP contribution in [0.5, 0.6) is 0 Å². The predicted octanol–water partition coefficient (Wildman–Crippen LogP) is 0.730.